The molecule has 1 aromatic carbocycles. The summed E-state index contributed by atoms with van der Waals surface area (Å²) in [5, 5.41) is 0. The first-order valence-electron chi connectivity index (χ1n) is 5.56. The first-order chi connectivity index (χ1) is 8.16. The molecule has 0 N–H and O–H groups in total. The fraction of sp³-hybridized carbons (Fsp3) is 0.214. The minimum Gasteiger partial charge on any atom is -0.439 e. The molecule has 0 aliphatic carbocycles. The number of aromatic nitrogens is 1. The van der Waals surface area contributed by atoms with E-state index in [2.05, 4.69) is 40.8 Å². The fourth-order valence-electron chi connectivity index (χ4n) is 1.61. The van der Waals surface area contributed by atoms with Gasteiger partial charge in [0.25, 0.3) is 0 Å². The van der Waals surface area contributed by atoms with E-state index in [1.54, 1.807) is 0 Å². The smallest absolute Gasteiger partial charge is 0.220 e. The summed E-state index contributed by atoms with van der Waals surface area (Å²) in [5.74, 6) is 1.90. The highest BCUT2D eigenvalue weighted by Crippen LogP contribution is 2.29. The molecule has 0 unspecified atom stereocenters. The first-order valence-corrected chi connectivity index (χ1v) is 6.35. The van der Waals surface area contributed by atoms with Crippen LogP contribution in [-0.2, 0) is 0 Å². The van der Waals surface area contributed by atoms with Crippen LogP contribution in [0.5, 0.6) is 11.6 Å². The summed E-state index contributed by atoms with van der Waals surface area (Å²) in [7, 11) is 0. The average Bonchev–Trinajstić information content (AvgIpc) is 2.29. The quantitative estimate of drug-likeness (QED) is 0.761. The summed E-state index contributed by atoms with van der Waals surface area (Å²) in [6, 6.07) is 13.7. The molecule has 3 heteroatoms. The molecule has 0 saturated heterocycles. The van der Waals surface area contributed by atoms with Gasteiger partial charge in [-0.1, -0.05) is 38.1 Å². The van der Waals surface area contributed by atoms with Gasteiger partial charge in [-0.2, -0.15) is 0 Å². The Kier molecular flexibility index (Phi) is 3.79. The average molecular weight is 292 g/mol. The largest absolute Gasteiger partial charge is 0.439 e. The molecule has 2 nitrogen and oxygen atoms in total. The van der Waals surface area contributed by atoms with Crippen molar-refractivity contribution in [2.75, 3.05) is 0 Å². The van der Waals surface area contributed by atoms with Crippen LogP contribution in [-0.4, -0.2) is 4.98 Å². The summed E-state index contributed by atoms with van der Waals surface area (Å²) in [4.78, 5) is 4.26. The van der Waals surface area contributed by atoms with Gasteiger partial charge in [-0.25, -0.2) is 4.98 Å². The topological polar surface area (TPSA) is 22.1 Å². The maximum Gasteiger partial charge on any atom is 0.220 e. The van der Waals surface area contributed by atoms with Gasteiger partial charge in [0.1, 0.15) is 10.4 Å². The van der Waals surface area contributed by atoms with E-state index >= 15 is 0 Å². The Bertz CT molecular complexity index is 511. The zero-order chi connectivity index (χ0) is 12.3. The van der Waals surface area contributed by atoms with E-state index in [1.807, 2.05) is 36.4 Å². The summed E-state index contributed by atoms with van der Waals surface area (Å²) >= 11 is 3.33. The lowest BCUT2D eigenvalue weighted by Crippen LogP contribution is -1.94. The molecule has 0 amide bonds. The van der Waals surface area contributed by atoms with E-state index in [-0.39, 0.29) is 0 Å². The highest BCUT2D eigenvalue weighted by Gasteiger charge is 2.08. The lowest BCUT2D eigenvalue weighted by molar-refractivity contribution is 0.453. The van der Waals surface area contributed by atoms with Crippen LogP contribution in [0.4, 0.5) is 0 Å². The molecule has 0 spiro atoms. The van der Waals surface area contributed by atoms with E-state index in [4.69, 9.17) is 4.74 Å². The van der Waals surface area contributed by atoms with Gasteiger partial charge < -0.3 is 4.74 Å². The number of rotatable bonds is 3. The Balaban J connectivity index is 2.30. The molecule has 1 aromatic heterocycles. The summed E-state index contributed by atoms with van der Waals surface area (Å²) < 4.78 is 6.59. The van der Waals surface area contributed by atoms with Crippen molar-refractivity contribution in [3.8, 4) is 11.6 Å². The second kappa shape index (κ2) is 5.32. The van der Waals surface area contributed by atoms with Gasteiger partial charge in [-0.15, -0.1) is 0 Å². The van der Waals surface area contributed by atoms with Gasteiger partial charge in [0.2, 0.25) is 5.88 Å². The molecule has 0 saturated carbocycles. The Labute approximate surface area is 110 Å². The first kappa shape index (κ1) is 12.1. The highest BCUT2D eigenvalue weighted by molar-refractivity contribution is 9.10. The monoisotopic (exact) mass is 291 g/mol. The molecule has 0 aliphatic heterocycles. The van der Waals surface area contributed by atoms with E-state index in [9.17, 15) is 0 Å². The van der Waals surface area contributed by atoms with Crippen LogP contribution in [0, 0.1) is 0 Å². The number of pyridine rings is 1. The van der Waals surface area contributed by atoms with Crippen LogP contribution in [0.2, 0.25) is 0 Å². The van der Waals surface area contributed by atoms with Gasteiger partial charge in [0.05, 0.1) is 0 Å². The van der Waals surface area contributed by atoms with Gasteiger partial charge >= 0.3 is 0 Å². The summed E-state index contributed by atoms with van der Waals surface area (Å²) in [6.07, 6.45) is 0. The lowest BCUT2D eigenvalue weighted by Gasteiger charge is -2.12. The molecule has 0 atom stereocenters. The van der Waals surface area contributed by atoms with Crippen molar-refractivity contribution in [1.29, 1.82) is 0 Å². The predicted octanol–water partition coefficient (Wildman–Crippen LogP) is 4.76. The Morgan fingerprint density at radius 2 is 1.82 bits per heavy atom. The maximum absolute atomic E-state index is 5.81. The Morgan fingerprint density at radius 3 is 2.53 bits per heavy atom. The molecule has 1 heterocycles. The minimum atomic E-state index is 0.429. The molecule has 0 radical (unpaired) electrons. The molecule has 2 aromatic rings. The third kappa shape index (κ3) is 3.07. The van der Waals surface area contributed by atoms with E-state index < -0.39 is 0 Å². The molecule has 0 fully saturated rings. The van der Waals surface area contributed by atoms with Crippen molar-refractivity contribution >= 4 is 15.9 Å². The van der Waals surface area contributed by atoms with Gasteiger partial charge in [0.15, 0.2) is 0 Å². The maximum atomic E-state index is 5.81. The second-order valence-corrected chi connectivity index (χ2v) is 4.91. The number of ether oxygens (including phenoxy) is 1. The van der Waals surface area contributed by atoms with Crippen LogP contribution in [0.3, 0.4) is 0 Å². The van der Waals surface area contributed by atoms with Crippen LogP contribution < -0.4 is 4.74 Å². The van der Waals surface area contributed by atoms with Crippen molar-refractivity contribution < 1.29 is 4.74 Å². The van der Waals surface area contributed by atoms with Crippen LogP contribution in [0.1, 0.15) is 25.3 Å². The molecular weight excluding hydrogens is 278 g/mol. The number of hydrogen-bond acceptors (Lipinski definition) is 2. The van der Waals surface area contributed by atoms with Crippen LogP contribution in [0.15, 0.2) is 47.1 Å². The van der Waals surface area contributed by atoms with Crippen molar-refractivity contribution in [1.82, 2.24) is 4.98 Å². The number of nitrogens with zero attached hydrogens (tertiary/aromatic N) is 1. The molecule has 2 rings (SSSR count). The molecule has 0 bridgehead atoms. The summed E-state index contributed by atoms with van der Waals surface area (Å²) in [5.41, 5.74) is 1.19. The molecule has 0 aliphatic rings. The third-order valence-electron chi connectivity index (χ3n) is 2.45. The van der Waals surface area contributed by atoms with E-state index in [0.717, 1.165) is 10.4 Å². The minimum absolute atomic E-state index is 0.429. The highest BCUT2D eigenvalue weighted by atomic mass is 79.9. The number of benzene rings is 1. The van der Waals surface area contributed by atoms with Crippen molar-refractivity contribution in [3.63, 3.8) is 0 Å². The van der Waals surface area contributed by atoms with Crippen LogP contribution >= 0.6 is 15.9 Å². The zero-order valence-corrected chi connectivity index (χ0v) is 11.4. The Hall–Kier alpha value is -1.35. The van der Waals surface area contributed by atoms with E-state index in [0.29, 0.717) is 11.8 Å². The standard InChI is InChI=1S/C14H14BrNO/c1-10(2)11-6-3-4-7-12(11)17-14-9-5-8-13(15)16-14/h3-10H,1-2H3. The fourth-order valence-corrected chi connectivity index (χ4v) is 1.94. The number of halogens is 1. The van der Waals surface area contributed by atoms with Gasteiger partial charge in [-0.05, 0) is 39.5 Å². The van der Waals surface area contributed by atoms with Crippen molar-refractivity contribution in [2.45, 2.75) is 19.8 Å². The number of para-hydroxylation sites is 1. The SMILES string of the molecule is CC(C)c1ccccc1Oc1cccc(Br)n1. The van der Waals surface area contributed by atoms with Crippen molar-refractivity contribution in [2.24, 2.45) is 0 Å². The zero-order valence-electron chi connectivity index (χ0n) is 9.85. The molecule has 17 heavy (non-hydrogen) atoms. The van der Waals surface area contributed by atoms with Crippen molar-refractivity contribution in [3.05, 3.63) is 52.6 Å². The summed E-state index contributed by atoms with van der Waals surface area (Å²) in [6.45, 7) is 4.30. The Morgan fingerprint density at radius 1 is 1.06 bits per heavy atom. The lowest BCUT2D eigenvalue weighted by atomic mass is 10.0. The normalized spacial score (nSPS) is 10.6. The molecule has 88 valence electrons. The van der Waals surface area contributed by atoms with E-state index in [1.165, 1.54) is 5.56 Å². The second-order valence-electron chi connectivity index (χ2n) is 4.09. The third-order valence-corrected chi connectivity index (χ3v) is 2.89. The molecular formula is C14H14BrNO. The number of hydrogen-bond donors (Lipinski definition) is 0. The van der Waals surface area contributed by atoms with Gasteiger partial charge in [-0.3, -0.25) is 0 Å². The van der Waals surface area contributed by atoms with Gasteiger partial charge in [0, 0.05) is 6.07 Å². The van der Waals surface area contributed by atoms with Crippen LogP contribution in [0.25, 0.3) is 0 Å². The predicted molar refractivity (Wildman–Crippen MR) is 72.5 cm³/mol.